The highest BCUT2D eigenvalue weighted by Gasteiger charge is 2.10. The van der Waals surface area contributed by atoms with Gasteiger partial charge in [0.25, 0.3) is 5.91 Å². The van der Waals surface area contributed by atoms with E-state index in [2.05, 4.69) is 10.5 Å². The van der Waals surface area contributed by atoms with Gasteiger partial charge < -0.3 is 13.9 Å². The number of hydrogen-bond acceptors (Lipinski definition) is 5. The largest absolute Gasteiger partial charge is 0.493 e. The Morgan fingerprint density at radius 1 is 1.19 bits per heavy atom. The molecule has 0 saturated heterocycles. The highest BCUT2D eigenvalue weighted by atomic mass is 16.5. The third-order valence-corrected chi connectivity index (χ3v) is 2.85. The molecule has 1 aromatic heterocycles. The van der Waals surface area contributed by atoms with Crippen LogP contribution in [0.2, 0.25) is 0 Å². The first-order valence-electron chi connectivity index (χ1n) is 6.26. The lowest BCUT2D eigenvalue weighted by Crippen LogP contribution is -2.19. The van der Waals surface area contributed by atoms with Crippen LogP contribution in [0, 0.1) is 0 Å². The molecule has 6 nitrogen and oxygen atoms in total. The molecule has 1 amide bonds. The average Bonchev–Trinajstić information content (AvgIpc) is 3.06. The van der Waals surface area contributed by atoms with Crippen molar-refractivity contribution in [2.45, 2.75) is 6.92 Å². The third kappa shape index (κ3) is 3.42. The van der Waals surface area contributed by atoms with Gasteiger partial charge in [-0.05, 0) is 37.3 Å². The van der Waals surface area contributed by atoms with E-state index >= 15 is 0 Å². The Balaban J connectivity index is 2.12. The van der Waals surface area contributed by atoms with Crippen molar-refractivity contribution in [2.75, 3.05) is 14.2 Å². The van der Waals surface area contributed by atoms with Crippen molar-refractivity contribution in [3.05, 3.63) is 47.9 Å². The molecule has 0 fully saturated rings. The molecule has 21 heavy (non-hydrogen) atoms. The molecule has 1 aromatic carbocycles. The molecule has 1 N–H and O–H groups in total. The van der Waals surface area contributed by atoms with Gasteiger partial charge in [-0.3, -0.25) is 4.79 Å². The molecule has 1 heterocycles. The van der Waals surface area contributed by atoms with E-state index < -0.39 is 0 Å². The van der Waals surface area contributed by atoms with Gasteiger partial charge in [0.1, 0.15) is 11.5 Å². The Morgan fingerprint density at radius 2 is 1.95 bits per heavy atom. The predicted octanol–water partition coefficient (Wildman–Crippen LogP) is 2.45. The number of methoxy groups -OCH3 is 2. The van der Waals surface area contributed by atoms with Crippen molar-refractivity contribution in [3.8, 4) is 11.5 Å². The molecule has 0 aliphatic carbocycles. The minimum absolute atomic E-state index is 0.346. The summed E-state index contributed by atoms with van der Waals surface area (Å²) >= 11 is 0. The summed E-state index contributed by atoms with van der Waals surface area (Å²) in [6.07, 6.45) is 1.55. The maximum Gasteiger partial charge on any atom is 0.271 e. The molecule has 0 aliphatic heterocycles. The molecule has 110 valence electrons. The van der Waals surface area contributed by atoms with Crippen LogP contribution in [0.15, 0.2) is 46.1 Å². The Hall–Kier alpha value is -2.76. The zero-order chi connectivity index (χ0) is 15.2. The monoisotopic (exact) mass is 288 g/mol. The lowest BCUT2D eigenvalue weighted by Gasteiger charge is -2.08. The van der Waals surface area contributed by atoms with Crippen LogP contribution < -0.4 is 14.9 Å². The number of furan rings is 1. The molecule has 0 aliphatic rings. The van der Waals surface area contributed by atoms with Crippen LogP contribution in [0.1, 0.15) is 23.0 Å². The molecule has 2 rings (SSSR count). The molecule has 0 unspecified atom stereocenters. The third-order valence-electron chi connectivity index (χ3n) is 2.85. The first-order valence-corrected chi connectivity index (χ1v) is 6.26. The summed E-state index contributed by atoms with van der Waals surface area (Å²) in [5, 5.41) is 3.99. The van der Waals surface area contributed by atoms with Crippen molar-refractivity contribution in [3.63, 3.8) is 0 Å². The SMILES string of the molecule is COc1ccc(C(=O)NN=C(C)c2ccco2)cc1OC. The standard InChI is InChI=1S/C15H16N2O4/c1-10(12-5-4-8-21-12)16-17-15(18)11-6-7-13(19-2)14(9-11)20-3/h4-9H,1-3H3,(H,17,18). The summed E-state index contributed by atoms with van der Waals surface area (Å²) < 4.78 is 15.5. The second-order valence-corrected chi connectivity index (χ2v) is 4.19. The highest BCUT2D eigenvalue weighted by molar-refractivity contribution is 5.99. The van der Waals surface area contributed by atoms with Crippen molar-refractivity contribution in [1.29, 1.82) is 0 Å². The quantitative estimate of drug-likeness (QED) is 0.677. The molecular formula is C15H16N2O4. The van der Waals surface area contributed by atoms with Gasteiger partial charge in [-0.15, -0.1) is 0 Å². The van der Waals surface area contributed by atoms with E-state index in [4.69, 9.17) is 13.9 Å². The van der Waals surface area contributed by atoms with Crippen LogP contribution in [0.3, 0.4) is 0 Å². The van der Waals surface area contributed by atoms with Gasteiger partial charge in [-0.1, -0.05) is 0 Å². The van der Waals surface area contributed by atoms with Crippen molar-refractivity contribution >= 4 is 11.6 Å². The molecule has 0 saturated carbocycles. The van der Waals surface area contributed by atoms with Gasteiger partial charge in [0.2, 0.25) is 0 Å². The number of carbonyl (C=O) groups is 1. The fourth-order valence-electron chi connectivity index (χ4n) is 1.72. The second-order valence-electron chi connectivity index (χ2n) is 4.19. The number of hydrogen-bond donors (Lipinski definition) is 1. The average molecular weight is 288 g/mol. The maximum absolute atomic E-state index is 12.0. The summed E-state index contributed by atoms with van der Waals surface area (Å²) in [6.45, 7) is 1.74. The zero-order valence-corrected chi connectivity index (χ0v) is 12.0. The van der Waals surface area contributed by atoms with Crippen LogP contribution in [0.4, 0.5) is 0 Å². The topological polar surface area (TPSA) is 73.1 Å². The van der Waals surface area contributed by atoms with Crippen molar-refractivity contribution in [1.82, 2.24) is 5.43 Å². The number of carbonyl (C=O) groups excluding carboxylic acids is 1. The number of ether oxygens (including phenoxy) is 2. The number of nitrogens with zero attached hydrogens (tertiary/aromatic N) is 1. The molecule has 0 spiro atoms. The molecule has 0 radical (unpaired) electrons. The van der Waals surface area contributed by atoms with Gasteiger partial charge in [0, 0.05) is 5.56 Å². The summed E-state index contributed by atoms with van der Waals surface area (Å²) in [5.74, 6) is 1.30. The Kier molecular flexibility index (Phi) is 4.61. The summed E-state index contributed by atoms with van der Waals surface area (Å²) in [4.78, 5) is 12.0. The highest BCUT2D eigenvalue weighted by Crippen LogP contribution is 2.27. The van der Waals surface area contributed by atoms with Crippen LogP contribution >= 0.6 is 0 Å². The van der Waals surface area contributed by atoms with Crippen LogP contribution in [-0.4, -0.2) is 25.8 Å². The molecule has 6 heteroatoms. The summed E-state index contributed by atoms with van der Waals surface area (Å²) in [6, 6.07) is 8.41. The van der Waals surface area contributed by atoms with Gasteiger partial charge in [-0.25, -0.2) is 5.43 Å². The van der Waals surface area contributed by atoms with Crippen molar-refractivity contribution in [2.24, 2.45) is 5.10 Å². The first kappa shape index (κ1) is 14.6. The van der Waals surface area contributed by atoms with Crippen LogP contribution in [0.25, 0.3) is 0 Å². The fourth-order valence-corrected chi connectivity index (χ4v) is 1.72. The number of rotatable bonds is 5. The van der Waals surface area contributed by atoms with E-state index in [0.717, 1.165) is 0 Å². The van der Waals surface area contributed by atoms with E-state index in [1.54, 1.807) is 43.5 Å². The maximum atomic E-state index is 12.0. The minimum atomic E-state index is -0.346. The number of amides is 1. The lowest BCUT2D eigenvalue weighted by atomic mass is 10.2. The summed E-state index contributed by atoms with van der Waals surface area (Å²) in [7, 11) is 3.05. The predicted molar refractivity (Wildman–Crippen MR) is 77.9 cm³/mol. The smallest absolute Gasteiger partial charge is 0.271 e. The van der Waals surface area contributed by atoms with Gasteiger partial charge in [-0.2, -0.15) is 5.10 Å². The molecule has 0 bridgehead atoms. The second kappa shape index (κ2) is 6.60. The molecule has 0 atom stereocenters. The Morgan fingerprint density at radius 3 is 2.57 bits per heavy atom. The van der Waals surface area contributed by atoms with Crippen molar-refractivity contribution < 1.29 is 18.7 Å². The van der Waals surface area contributed by atoms with Gasteiger partial charge in [0.15, 0.2) is 11.5 Å². The number of hydrazone groups is 1. The normalized spacial score (nSPS) is 11.1. The first-order chi connectivity index (χ1) is 10.2. The van der Waals surface area contributed by atoms with Gasteiger partial charge in [0.05, 0.1) is 20.5 Å². The summed E-state index contributed by atoms with van der Waals surface area (Å²) in [5.41, 5.74) is 3.47. The Bertz CT molecular complexity index is 648. The fraction of sp³-hybridized carbons (Fsp3) is 0.200. The van der Waals surface area contributed by atoms with E-state index in [-0.39, 0.29) is 5.91 Å². The van der Waals surface area contributed by atoms with E-state index in [1.807, 2.05) is 0 Å². The van der Waals surface area contributed by atoms with E-state index in [0.29, 0.717) is 28.5 Å². The minimum Gasteiger partial charge on any atom is -0.493 e. The molecular weight excluding hydrogens is 272 g/mol. The van der Waals surface area contributed by atoms with Crippen LogP contribution in [-0.2, 0) is 0 Å². The van der Waals surface area contributed by atoms with E-state index in [1.165, 1.54) is 14.2 Å². The lowest BCUT2D eigenvalue weighted by molar-refractivity contribution is 0.0954. The zero-order valence-electron chi connectivity index (χ0n) is 12.0. The van der Waals surface area contributed by atoms with Gasteiger partial charge >= 0.3 is 0 Å². The Labute approximate surface area is 122 Å². The van der Waals surface area contributed by atoms with E-state index in [9.17, 15) is 4.79 Å². The van der Waals surface area contributed by atoms with Crippen LogP contribution in [0.5, 0.6) is 11.5 Å². The molecule has 2 aromatic rings. The number of nitrogens with one attached hydrogen (secondary N) is 1. The number of benzene rings is 1.